The van der Waals surface area contributed by atoms with Gasteiger partial charge in [-0.25, -0.2) is 9.78 Å². The number of morpholine rings is 1. The minimum atomic E-state index is -0.660. The molecule has 1 fully saturated rings. The monoisotopic (exact) mass is 482 g/mol. The Morgan fingerprint density at radius 3 is 2.62 bits per heavy atom. The largest absolute Gasteiger partial charge is 0.495 e. The van der Waals surface area contributed by atoms with Crippen LogP contribution in [0.4, 0.5) is 16.2 Å². The molecule has 2 N–H and O–H groups in total. The van der Waals surface area contributed by atoms with Crippen molar-refractivity contribution in [1.82, 2.24) is 9.88 Å². The van der Waals surface area contributed by atoms with Crippen LogP contribution in [0.5, 0.6) is 10.8 Å². The highest BCUT2D eigenvalue weighted by molar-refractivity contribution is 7.16. The predicted molar refractivity (Wildman–Crippen MR) is 131 cm³/mol. The first-order valence-corrected chi connectivity index (χ1v) is 11.7. The number of hydrogen-bond acceptors (Lipinski definition) is 8. The number of aromatic nitrogens is 1. The summed E-state index contributed by atoms with van der Waals surface area (Å²) < 4.78 is 16.1. The van der Waals surface area contributed by atoms with E-state index in [1.165, 1.54) is 24.6 Å². The molecule has 1 aliphatic rings. The summed E-state index contributed by atoms with van der Waals surface area (Å²) in [5.74, 6) is 0.314. The number of carbonyl (C=O) groups is 2. The fourth-order valence-electron chi connectivity index (χ4n) is 3.51. The van der Waals surface area contributed by atoms with Crippen molar-refractivity contribution in [2.45, 2.75) is 13.0 Å². The van der Waals surface area contributed by atoms with E-state index in [-0.39, 0.29) is 11.9 Å². The van der Waals surface area contributed by atoms with Crippen LogP contribution in [0.15, 0.2) is 54.7 Å². The predicted octanol–water partition coefficient (Wildman–Crippen LogP) is 4.09. The number of benzene rings is 2. The number of rotatable bonds is 7. The average molecular weight is 483 g/mol. The summed E-state index contributed by atoms with van der Waals surface area (Å²) in [4.78, 5) is 31.6. The molecule has 0 spiro atoms. The first-order valence-electron chi connectivity index (χ1n) is 10.8. The Bertz CT molecular complexity index is 1130. The summed E-state index contributed by atoms with van der Waals surface area (Å²) >= 11 is 1.27. The van der Waals surface area contributed by atoms with E-state index in [4.69, 9.17) is 14.2 Å². The SMILES string of the molecule is COc1ccc(NC(=O)Oc2cnc(-c3ccccc3)s2)cc1NC(=O)C(C)N1CCOCC1. The molecule has 1 aromatic heterocycles. The molecular formula is C24H26N4O5S. The van der Waals surface area contributed by atoms with Crippen molar-refractivity contribution in [3.8, 4) is 21.4 Å². The second kappa shape index (κ2) is 11.1. The molecule has 2 aromatic carbocycles. The van der Waals surface area contributed by atoms with Gasteiger partial charge in [-0.2, -0.15) is 0 Å². The molecule has 3 aromatic rings. The van der Waals surface area contributed by atoms with Crippen molar-refractivity contribution >= 4 is 34.7 Å². The maximum Gasteiger partial charge on any atom is 0.417 e. The Labute approximate surface area is 201 Å². The normalized spacial score (nSPS) is 14.8. The molecule has 2 heterocycles. The molecule has 1 saturated heterocycles. The lowest BCUT2D eigenvalue weighted by atomic mass is 10.2. The lowest BCUT2D eigenvalue weighted by molar-refractivity contribution is -0.122. The van der Waals surface area contributed by atoms with Crippen LogP contribution in [0.2, 0.25) is 0 Å². The molecule has 4 rings (SSSR count). The van der Waals surface area contributed by atoms with Gasteiger partial charge in [-0.05, 0) is 25.1 Å². The summed E-state index contributed by atoms with van der Waals surface area (Å²) in [5.41, 5.74) is 1.85. The molecule has 1 atom stereocenters. The second-order valence-electron chi connectivity index (χ2n) is 7.59. The van der Waals surface area contributed by atoms with E-state index in [9.17, 15) is 9.59 Å². The molecule has 34 heavy (non-hydrogen) atoms. The number of carbonyl (C=O) groups excluding carboxylic acids is 2. The van der Waals surface area contributed by atoms with Crippen LogP contribution in [0.1, 0.15) is 6.92 Å². The van der Waals surface area contributed by atoms with E-state index in [1.807, 2.05) is 37.3 Å². The van der Waals surface area contributed by atoms with E-state index in [0.717, 1.165) is 10.6 Å². The van der Waals surface area contributed by atoms with Crippen molar-refractivity contribution in [1.29, 1.82) is 0 Å². The molecule has 0 aliphatic carbocycles. The van der Waals surface area contributed by atoms with Crippen molar-refractivity contribution in [2.24, 2.45) is 0 Å². The first kappa shape index (κ1) is 23.7. The number of nitrogens with zero attached hydrogens (tertiary/aromatic N) is 2. The fraction of sp³-hybridized carbons (Fsp3) is 0.292. The van der Waals surface area contributed by atoms with Crippen LogP contribution < -0.4 is 20.1 Å². The molecule has 178 valence electrons. The van der Waals surface area contributed by atoms with Crippen molar-refractivity contribution in [2.75, 3.05) is 44.0 Å². The van der Waals surface area contributed by atoms with Gasteiger partial charge in [0.2, 0.25) is 11.0 Å². The second-order valence-corrected chi connectivity index (χ2v) is 8.59. The maximum atomic E-state index is 12.8. The summed E-state index contributed by atoms with van der Waals surface area (Å²) in [6.07, 6.45) is 0.853. The summed E-state index contributed by atoms with van der Waals surface area (Å²) in [5, 5.41) is 6.71. The average Bonchev–Trinajstić information content (AvgIpc) is 3.33. The number of methoxy groups -OCH3 is 1. The van der Waals surface area contributed by atoms with Gasteiger partial charge >= 0.3 is 6.09 Å². The van der Waals surface area contributed by atoms with Crippen LogP contribution in [0.25, 0.3) is 10.6 Å². The number of amides is 2. The van der Waals surface area contributed by atoms with Crippen LogP contribution >= 0.6 is 11.3 Å². The highest BCUT2D eigenvalue weighted by Gasteiger charge is 2.24. The molecule has 10 heteroatoms. The first-order chi connectivity index (χ1) is 16.5. The highest BCUT2D eigenvalue weighted by Crippen LogP contribution is 2.31. The third-order valence-corrected chi connectivity index (χ3v) is 6.30. The third kappa shape index (κ3) is 5.90. The van der Waals surface area contributed by atoms with Gasteiger partial charge in [0.05, 0.1) is 38.2 Å². The number of thiazole rings is 1. The topological polar surface area (TPSA) is 102 Å². The van der Waals surface area contributed by atoms with Gasteiger partial charge in [0.15, 0.2) is 0 Å². The Kier molecular flexibility index (Phi) is 7.73. The van der Waals surface area contributed by atoms with E-state index in [2.05, 4.69) is 20.5 Å². The number of anilines is 2. The standard InChI is InChI=1S/C24H26N4O5S/c1-16(28-10-12-32-13-11-28)22(29)27-19-14-18(8-9-20(19)31-2)26-24(30)33-21-15-25-23(34-21)17-6-4-3-5-7-17/h3-9,14-16H,10-13H2,1-2H3,(H,26,30)(H,27,29). The minimum absolute atomic E-state index is 0.168. The minimum Gasteiger partial charge on any atom is -0.495 e. The molecular weight excluding hydrogens is 456 g/mol. The van der Waals surface area contributed by atoms with Crippen LogP contribution in [-0.2, 0) is 9.53 Å². The van der Waals surface area contributed by atoms with Crippen LogP contribution in [0.3, 0.4) is 0 Å². The third-order valence-electron chi connectivity index (χ3n) is 5.38. The van der Waals surface area contributed by atoms with Crippen LogP contribution in [-0.4, -0.2) is 61.3 Å². The van der Waals surface area contributed by atoms with Gasteiger partial charge in [-0.3, -0.25) is 15.0 Å². The molecule has 1 unspecified atom stereocenters. The summed E-state index contributed by atoms with van der Waals surface area (Å²) in [6.45, 7) is 4.46. The van der Waals surface area contributed by atoms with Gasteiger partial charge in [0.25, 0.3) is 0 Å². The quantitative estimate of drug-likeness (QED) is 0.523. The molecule has 1 aliphatic heterocycles. The number of ether oxygens (including phenoxy) is 3. The molecule has 2 amide bonds. The van der Waals surface area contributed by atoms with Gasteiger partial charge in [-0.1, -0.05) is 41.7 Å². The fourth-order valence-corrected chi connectivity index (χ4v) is 4.28. The Hall–Kier alpha value is -3.47. The van der Waals surface area contributed by atoms with Gasteiger partial charge < -0.3 is 19.5 Å². The smallest absolute Gasteiger partial charge is 0.417 e. The van der Waals surface area contributed by atoms with E-state index in [0.29, 0.717) is 48.5 Å². The highest BCUT2D eigenvalue weighted by atomic mass is 32.1. The molecule has 9 nitrogen and oxygen atoms in total. The van der Waals surface area contributed by atoms with Gasteiger partial charge in [0, 0.05) is 24.3 Å². The molecule has 0 saturated carbocycles. The number of nitrogens with one attached hydrogen (secondary N) is 2. The summed E-state index contributed by atoms with van der Waals surface area (Å²) in [6, 6.07) is 14.3. The summed E-state index contributed by atoms with van der Waals surface area (Å²) in [7, 11) is 1.52. The van der Waals surface area contributed by atoms with Gasteiger partial charge in [0.1, 0.15) is 10.8 Å². The number of hydrogen-bond donors (Lipinski definition) is 2. The Morgan fingerprint density at radius 2 is 1.88 bits per heavy atom. The van der Waals surface area contributed by atoms with Crippen molar-refractivity contribution in [3.05, 3.63) is 54.7 Å². The zero-order valence-corrected chi connectivity index (χ0v) is 19.8. The Morgan fingerprint density at radius 1 is 1.12 bits per heavy atom. The lowest BCUT2D eigenvalue weighted by Gasteiger charge is -2.31. The zero-order valence-electron chi connectivity index (χ0n) is 18.9. The van der Waals surface area contributed by atoms with E-state index in [1.54, 1.807) is 18.2 Å². The lowest BCUT2D eigenvalue weighted by Crippen LogP contribution is -2.47. The van der Waals surface area contributed by atoms with Crippen molar-refractivity contribution < 1.29 is 23.8 Å². The van der Waals surface area contributed by atoms with E-state index >= 15 is 0 Å². The van der Waals surface area contributed by atoms with Crippen LogP contribution in [0, 0.1) is 0 Å². The Balaban J connectivity index is 1.39. The van der Waals surface area contributed by atoms with E-state index < -0.39 is 6.09 Å². The van der Waals surface area contributed by atoms with Crippen molar-refractivity contribution in [3.63, 3.8) is 0 Å². The molecule has 0 bridgehead atoms. The van der Waals surface area contributed by atoms with Gasteiger partial charge in [-0.15, -0.1) is 0 Å². The molecule has 0 radical (unpaired) electrons. The maximum absolute atomic E-state index is 12.8. The zero-order chi connectivity index (χ0) is 23.9.